The number of anilines is 1. The van der Waals surface area contributed by atoms with E-state index in [1.165, 1.54) is 13.2 Å². The number of ether oxygens (including phenoxy) is 1. The monoisotopic (exact) mass is 454 g/mol. The molecule has 0 bridgehead atoms. The molecule has 0 radical (unpaired) electrons. The summed E-state index contributed by atoms with van der Waals surface area (Å²) in [6.45, 7) is 0.975. The largest absolute Gasteiger partial charge is 0.616 e. The first-order chi connectivity index (χ1) is 15.5. The van der Waals surface area contributed by atoms with Gasteiger partial charge in [-0.1, -0.05) is 28.5 Å². The smallest absolute Gasteiger partial charge is 0.188 e. The highest BCUT2D eigenvalue weighted by molar-refractivity contribution is 7.90. The highest BCUT2D eigenvalue weighted by Gasteiger charge is 2.27. The molecule has 1 aliphatic rings. The standard InChI is InChI=1S/C23H23FN4O3S/c1-30-21-12-20-17(10-18(21)24)23(26-25-20)22-11-19(27-31-22)14-5-7-15(8-6-14)28-9-3-4-16(28)13-32(2)29/h5-8,10-12,16H,3-4,9,13H2,1-2H3,(H,25,26)/t16-,32?/m0/s1. The van der Waals surface area contributed by atoms with Crippen molar-refractivity contribution in [1.82, 2.24) is 15.4 Å². The second-order valence-electron chi connectivity index (χ2n) is 7.96. The number of fused-ring (bicyclic) bond motifs is 1. The van der Waals surface area contributed by atoms with E-state index in [0.717, 1.165) is 30.6 Å². The van der Waals surface area contributed by atoms with Crippen LogP contribution in [0.5, 0.6) is 5.75 Å². The lowest BCUT2D eigenvalue weighted by molar-refractivity contribution is 0.387. The van der Waals surface area contributed by atoms with Crippen LogP contribution in [-0.2, 0) is 11.2 Å². The lowest BCUT2D eigenvalue weighted by Gasteiger charge is -2.26. The van der Waals surface area contributed by atoms with Crippen molar-refractivity contribution in [3.8, 4) is 28.5 Å². The van der Waals surface area contributed by atoms with Crippen LogP contribution in [0.25, 0.3) is 33.6 Å². The van der Waals surface area contributed by atoms with E-state index in [1.807, 2.05) is 12.1 Å². The van der Waals surface area contributed by atoms with Crippen LogP contribution in [0.1, 0.15) is 12.8 Å². The normalized spacial score (nSPS) is 17.2. The molecule has 2 aromatic heterocycles. The zero-order chi connectivity index (χ0) is 22.2. The molecule has 7 nitrogen and oxygen atoms in total. The molecular weight excluding hydrogens is 431 g/mol. The van der Waals surface area contributed by atoms with Crippen molar-refractivity contribution in [2.24, 2.45) is 0 Å². The third kappa shape index (κ3) is 3.82. The molecule has 3 heterocycles. The van der Waals surface area contributed by atoms with Gasteiger partial charge in [0.2, 0.25) is 0 Å². The second-order valence-corrected chi connectivity index (χ2v) is 9.44. The third-order valence-electron chi connectivity index (χ3n) is 5.88. The first-order valence-corrected chi connectivity index (χ1v) is 12.1. The summed E-state index contributed by atoms with van der Waals surface area (Å²) in [7, 11) is 1.42. The van der Waals surface area contributed by atoms with Gasteiger partial charge in [-0.3, -0.25) is 5.10 Å². The summed E-state index contributed by atoms with van der Waals surface area (Å²) >= 11 is -0.813. The fourth-order valence-corrected chi connectivity index (χ4v) is 5.22. The van der Waals surface area contributed by atoms with Gasteiger partial charge < -0.3 is 18.7 Å². The number of hydrogen-bond acceptors (Lipinski definition) is 6. The number of benzene rings is 2. The lowest BCUT2D eigenvalue weighted by Crippen LogP contribution is -2.34. The van der Waals surface area contributed by atoms with Gasteiger partial charge >= 0.3 is 0 Å². The first kappa shape index (κ1) is 20.8. The molecule has 1 unspecified atom stereocenters. The van der Waals surface area contributed by atoms with E-state index in [4.69, 9.17) is 9.26 Å². The van der Waals surface area contributed by atoms with E-state index < -0.39 is 17.0 Å². The average molecular weight is 455 g/mol. The van der Waals surface area contributed by atoms with Gasteiger partial charge in [0.15, 0.2) is 17.3 Å². The molecule has 166 valence electrons. The number of H-pyrrole nitrogens is 1. The Morgan fingerprint density at radius 2 is 2.09 bits per heavy atom. The Bertz CT molecular complexity index is 1240. The number of nitrogens with one attached hydrogen (secondary N) is 1. The average Bonchev–Trinajstić information content (AvgIpc) is 3.52. The minimum Gasteiger partial charge on any atom is -0.616 e. The molecule has 0 aliphatic carbocycles. The van der Waals surface area contributed by atoms with Crippen LogP contribution in [0, 0.1) is 5.82 Å². The highest BCUT2D eigenvalue weighted by atomic mass is 32.2. The van der Waals surface area contributed by atoms with E-state index in [0.29, 0.717) is 39.8 Å². The molecule has 2 aromatic carbocycles. The molecule has 9 heteroatoms. The number of nitrogens with zero attached hydrogens (tertiary/aromatic N) is 3. The maximum Gasteiger partial charge on any atom is 0.188 e. The zero-order valence-electron chi connectivity index (χ0n) is 17.8. The van der Waals surface area contributed by atoms with Crippen molar-refractivity contribution in [3.63, 3.8) is 0 Å². The third-order valence-corrected chi connectivity index (χ3v) is 6.73. The molecule has 0 amide bonds. The van der Waals surface area contributed by atoms with Crippen LogP contribution in [0.15, 0.2) is 47.0 Å². The number of halogens is 1. The van der Waals surface area contributed by atoms with Crippen molar-refractivity contribution >= 4 is 27.8 Å². The van der Waals surface area contributed by atoms with Crippen LogP contribution in [0.3, 0.4) is 0 Å². The maximum absolute atomic E-state index is 14.2. The summed E-state index contributed by atoms with van der Waals surface area (Å²) in [5.41, 5.74) is 3.84. The van der Waals surface area contributed by atoms with E-state index in [1.54, 1.807) is 18.4 Å². The zero-order valence-corrected chi connectivity index (χ0v) is 18.6. The molecular formula is C23H23FN4O3S. The summed E-state index contributed by atoms with van der Waals surface area (Å²) < 4.78 is 36.4. The quantitative estimate of drug-likeness (QED) is 0.435. The minimum absolute atomic E-state index is 0.150. The van der Waals surface area contributed by atoms with Crippen LogP contribution in [0.4, 0.5) is 10.1 Å². The fraction of sp³-hybridized carbons (Fsp3) is 0.304. The Morgan fingerprint density at radius 1 is 1.28 bits per heavy atom. The Morgan fingerprint density at radius 3 is 2.84 bits per heavy atom. The van der Waals surface area contributed by atoms with Gasteiger partial charge in [-0.15, -0.1) is 0 Å². The molecule has 5 rings (SSSR count). The summed E-state index contributed by atoms with van der Waals surface area (Å²) in [5.74, 6) is 0.824. The minimum atomic E-state index is -0.813. The van der Waals surface area contributed by atoms with Crippen LogP contribution >= 0.6 is 0 Å². The lowest BCUT2D eigenvalue weighted by atomic mass is 10.1. The number of aromatic nitrogens is 3. The van der Waals surface area contributed by atoms with E-state index >= 15 is 0 Å². The van der Waals surface area contributed by atoms with Crippen molar-refractivity contribution in [3.05, 3.63) is 48.3 Å². The highest BCUT2D eigenvalue weighted by Crippen LogP contribution is 2.34. The molecule has 1 fully saturated rings. The summed E-state index contributed by atoms with van der Waals surface area (Å²) in [4.78, 5) is 2.33. The molecule has 1 saturated heterocycles. The van der Waals surface area contributed by atoms with Crippen molar-refractivity contribution in [1.29, 1.82) is 0 Å². The second kappa shape index (κ2) is 8.48. The van der Waals surface area contributed by atoms with Gasteiger partial charge in [0.1, 0.15) is 17.1 Å². The molecule has 4 aromatic rings. The van der Waals surface area contributed by atoms with Gasteiger partial charge in [0.05, 0.1) is 24.9 Å². The molecule has 1 N–H and O–H groups in total. The van der Waals surface area contributed by atoms with Gasteiger partial charge in [-0.2, -0.15) is 5.10 Å². The van der Waals surface area contributed by atoms with Crippen LogP contribution in [-0.4, -0.2) is 51.6 Å². The van der Waals surface area contributed by atoms with Gasteiger partial charge in [0, 0.05) is 35.3 Å². The fourth-order valence-electron chi connectivity index (χ4n) is 4.33. The van der Waals surface area contributed by atoms with E-state index in [-0.39, 0.29) is 5.75 Å². The number of methoxy groups -OCH3 is 1. The molecule has 2 atom stereocenters. The number of rotatable bonds is 6. The Kier molecular flexibility index (Phi) is 5.52. The van der Waals surface area contributed by atoms with Crippen LogP contribution in [0.2, 0.25) is 0 Å². The first-order valence-electron chi connectivity index (χ1n) is 10.4. The predicted octanol–water partition coefficient (Wildman–Crippen LogP) is 4.38. The van der Waals surface area contributed by atoms with Crippen LogP contribution < -0.4 is 9.64 Å². The van der Waals surface area contributed by atoms with Gasteiger partial charge in [-0.25, -0.2) is 4.39 Å². The molecule has 0 spiro atoms. The Hall–Kier alpha value is -3.04. The van der Waals surface area contributed by atoms with E-state index in [9.17, 15) is 8.94 Å². The van der Waals surface area contributed by atoms with Gasteiger partial charge in [-0.05, 0) is 31.0 Å². The predicted molar refractivity (Wildman–Crippen MR) is 123 cm³/mol. The molecule has 0 saturated carbocycles. The molecule has 32 heavy (non-hydrogen) atoms. The molecule has 1 aliphatic heterocycles. The van der Waals surface area contributed by atoms with Gasteiger partial charge in [0.25, 0.3) is 0 Å². The summed E-state index contributed by atoms with van der Waals surface area (Å²) in [5, 5.41) is 11.9. The van der Waals surface area contributed by atoms with Crippen molar-refractivity contribution in [2.75, 3.05) is 30.6 Å². The summed E-state index contributed by atoms with van der Waals surface area (Å²) in [6, 6.07) is 13.2. The number of hydrogen-bond donors (Lipinski definition) is 1. The number of aromatic amines is 1. The Balaban J connectivity index is 1.39. The summed E-state index contributed by atoms with van der Waals surface area (Å²) in [6.07, 6.45) is 3.94. The SMILES string of the molecule is COc1cc2[nH]nc(-c3cc(-c4ccc(N5CCC[C@H]5C[S+](C)[O-])cc4)no3)c2cc1F. The van der Waals surface area contributed by atoms with E-state index in [2.05, 4.69) is 32.4 Å². The van der Waals surface area contributed by atoms with Crippen molar-refractivity contribution < 1.29 is 18.2 Å². The maximum atomic E-state index is 14.2. The Labute approximate surface area is 187 Å². The van der Waals surface area contributed by atoms with Crippen molar-refractivity contribution in [2.45, 2.75) is 18.9 Å². The topological polar surface area (TPSA) is 90.2 Å².